The fourth-order valence-corrected chi connectivity index (χ4v) is 2.69. The molecule has 0 aliphatic heterocycles. The lowest BCUT2D eigenvalue weighted by molar-refractivity contribution is 0.627. The van der Waals surface area contributed by atoms with Gasteiger partial charge in [0.15, 0.2) is 10.8 Å². The van der Waals surface area contributed by atoms with Crippen LogP contribution in [0.4, 0.5) is 4.39 Å². The van der Waals surface area contributed by atoms with E-state index in [1.807, 2.05) is 13.8 Å². The molecule has 2 aromatic heterocycles. The molecule has 0 saturated heterocycles. The van der Waals surface area contributed by atoms with E-state index in [2.05, 4.69) is 15.1 Å². The Kier molecular flexibility index (Phi) is 3.50. The second-order valence-electron chi connectivity index (χ2n) is 4.81. The van der Waals surface area contributed by atoms with Gasteiger partial charge in [0.25, 0.3) is 5.56 Å². The van der Waals surface area contributed by atoms with Gasteiger partial charge >= 0.3 is 0 Å². The van der Waals surface area contributed by atoms with Crippen LogP contribution < -0.4 is 5.56 Å². The first-order valence-corrected chi connectivity index (χ1v) is 7.33. The van der Waals surface area contributed by atoms with Crippen LogP contribution in [0.15, 0.2) is 40.4 Å². The van der Waals surface area contributed by atoms with Gasteiger partial charge < -0.3 is 4.98 Å². The SMILES string of the molecule is CC(C)Sc1nc2c(cnn2-c2ccc(F)cc2)c(=O)[nH]1. The smallest absolute Gasteiger partial charge is 0.262 e. The normalized spacial score (nSPS) is 11.4. The van der Waals surface area contributed by atoms with Crippen molar-refractivity contribution >= 4 is 22.8 Å². The number of rotatable bonds is 3. The number of nitrogens with one attached hydrogen (secondary N) is 1. The molecule has 21 heavy (non-hydrogen) atoms. The summed E-state index contributed by atoms with van der Waals surface area (Å²) in [6.45, 7) is 4.04. The fraction of sp³-hybridized carbons (Fsp3) is 0.214. The maximum atomic E-state index is 13.0. The van der Waals surface area contributed by atoms with Gasteiger partial charge in [-0.25, -0.2) is 14.1 Å². The van der Waals surface area contributed by atoms with Gasteiger partial charge in [0.1, 0.15) is 11.2 Å². The minimum Gasteiger partial charge on any atom is -0.301 e. The summed E-state index contributed by atoms with van der Waals surface area (Å²) >= 11 is 1.47. The Morgan fingerprint density at radius 3 is 2.67 bits per heavy atom. The minimum absolute atomic E-state index is 0.225. The number of thioether (sulfide) groups is 1. The third-order valence-electron chi connectivity index (χ3n) is 2.83. The number of nitrogens with zero attached hydrogens (tertiary/aromatic N) is 3. The zero-order chi connectivity index (χ0) is 15.0. The van der Waals surface area contributed by atoms with Gasteiger partial charge in [-0.2, -0.15) is 5.10 Å². The summed E-state index contributed by atoms with van der Waals surface area (Å²) in [5.41, 5.74) is 0.898. The van der Waals surface area contributed by atoms with Gasteiger partial charge in [0.2, 0.25) is 0 Å². The van der Waals surface area contributed by atoms with Crippen molar-refractivity contribution in [2.45, 2.75) is 24.3 Å². The molecule has 0 unspecified atom stereocenters. The minimum atomic E-state index is -0.322. The third-order valence-corrected chi connectivity index (χ3v) is 3.72. The quantitative estimate of drug-likeness (QED) is 0.597. The number of hydrogen-bond acceptors (Lipinski definition) is 4. The summed E-state index contributed by atoms with van der Waals surface area (Å²) in [7, 11) is 0. The number of H-pyrrole nitrogens is 1. The molecule has 0 spiro atoms. The van der Waals surface area contributed by atoms with Crippen molar-refractivity contribution in [3.05, 3.63) is 46.6 Å². The predicted molar refractivity (Wildman–Crippen MR) is 80.4 cm³/mol. The highest BCUT2D eigenvalue weighted by Crippen LogP contribution is 2.20. The molecule has 1 N–H and O–H groups in total. The fourth-order valence-electron chi connectivity index (χ4n) is 1.95. The highest BCUT2D eigenvalue weighted by Gasteiger charge is 2.12. The van der Waals surface area contributed by atoms with Crippen molar-refractivity contribution in [3.8, 4) is 5.69 Å². The Balaban J connectivity index is 2.17. The Labute approximate surface area is 124 Å². The van der Waals surface area contributed by atoms with E-state index in [1.165, 1.54) is 34.8 Å². The van der Waals surface area contributed by atoms with Gasteiger partial charge in [-0.05, 0) is 24.3 Å². The van der Waals surface area contributed by atoms with Gasteiger partial charge in [-0.15, -0.1) is 0 Å². The van der Waals surface area contributed by atoms with Crippen molar-refractivity contribution in [1.82, 2.24) is 19.7 Å². The summed E-state index contributed by atoms with van der Waals surface area (Å²) < 4.78 is 14.5. The molecule has 1 aromatic carbocycles. The molecule has 0 aliphatic rings. The van der Waals surface area contributed by atoms with E-state index in [0.717, 1.165) is 0 Å². The highest BCUT2D eigenvalue weighted by atomic mass is 32.2. The Hall–Kier alpha value is -2.15. The topological polar surface area (TPSA) is 63.6 Å². The van der Waals surface area contributed by atoms with Crippen LogP contribution in [-0.2, 0) is 0 Å². The zero-order valence-electron chi connectivity index (χ0n) is 11.5. The summed E-state index contributed by atoms with van der Waals surface area (Å²) in [6.07, 6.45) is 1.47. The van der Waals surface area contributed by atoms with Gasteiger partial charge in [-0.1, -0.05) is 25.6 Å². The lowest BCUT2D eigenvalue weighted by atomic mass is 10.3. The van der Waals surface area contributed by atoms with E-state index in [9.17, 15) is 9.18 Å². The lowest BCUT2D eigenvalue weighted by Gasteiger charge is -2.05. The van der Waals surface area contributed by atoms with Crippen molar-refractivity contribution in [1.29, 1.82) is 0 Å². The molecule has 5 nitrogen and oxygen atoms in total. The number of fused-ring (bicyclic) bond motifs is 1. The molecule has 0 saturated carbocycles. The second kappa shape index (κ2) is 5.33. The molecule has 0 amide bonds. The van der Waals surface area contributed by atoms with Crippen molar-refractivity contribution in [2.24, 2.45) is 0 Å². The third kappa shape index (κ3) is 2.69. The molecule has 2 heterocycles. The summed E-state index contributed by atoms with van der Waals surface area (Å²) in [6, 6.07) is 5.89. The van der Waals surface area contributed by atoms with Crippen molar-refractivity contribution < 1.29 is 4.39 Å². The van der Waals surface area contributed by atoms with E-state index in [0.29, 0.717) is 27.1 Å². The summed E-state index contributed by atoms with van der Waals surface area (Å²) in [4.78, 5) is 19.2. The molecule has 0 bridgehead atoms. The largest absolute Gasteiger partial charge is 0.301 e. The van der Waals surface area contributed by atoms with Crippen LogP contribution in [0.2, 0.25) is 0 Å². The molecule has 3 rings (SSSR count). The molecular formula is C14H13FN4OS. The number of hydrogen-bond donors (Lipinski definition) is 1. The van der Waals surface area contributed by atoms with Crippen LogP contribution >= 0.6 is 11.8 Å². The van der Waals surface area contributed by atoms with E-state index in [4.69, 9.17) is 0 Å². The number of benzene rings is 1. The molecule has 0 atom stereocenters. The average molecular weight is 304 g/mol. The number of aromatic nitrogens is 4. The Bertz CT molecular complexity index is 838. The number of aromatic amines is 1. The molecule has 0 fully saturated rings. The molecule has 0 radical (unpaired) electrons. The van der Waals surface area contributed by atoms with Crippen LogP contribution in [0, 0.1) is 5.82 Å². The molecule has 3 aromatic rings. The Morgan fingerprint density at radius 2 is 2.00 bits per heavy atom. The molecular weight excluding hydrogens is 291 g/mol. The van der Waals surface area contributed by atoms with Gasteiger partial charge in [-0.3, -0.25) is 4.79 Å². The average Bonchev–Trinajstić information content (AvgIpc) is 2.83. The second-order valence-corrected chi connectivity index (χ2v) is 6.37. The monoisotopic (exact) mass is 304 g/mol. The highest BCUT2D eigenvalue weighted by molar-refractivity contribution is 7.99. The van der Waals surface area contributed by atoms with E-state index in [1.54, 1.807) is 12.1 Å². The standard InChI is InChI=1S/C14H13FN4OS/c1-8(2)21-14-17-12-11(13(20)18-14)7-16-19(12)10-5-3-9(15)4-6-10/h3-8H,1-2H3,(H,17,18,20). The van der Waals surface area contributed by atoms with Gasteiger partial charge in [0.05, 0.1) is 11.9 Å². The van der Waals surface area contributed by atoms with Crippen LogP contribution in [0.25, 0.3) is 16.7 Å². The molecule has 0 aliphatic carbocycles. The summed E-state index contributed by atoms with van der Waals surface area (Å²) in [5.74, 6) is -0.322. The van der Waals surface area contributed by atoms with E-state index in [-0.39, 0.29) is 11.4 Å². The maximum absolute atomic E-state index is 13.0. The summed E-state index contributed by atoms with van der Waals surface area (Å²) in [5, 5.41) is 5.43. The first kappa shape index (κ1) is 13.8. The predicted octanol–water partition coefficient (Wildman–Crippen LogP) is 2.75. The lowest BCUT2D eigenvalue weighted by Crippen LogP contribution is -2.10. The van der Waals surface area contributed by atoms with E-state index < -0.39 is 0 Å². The van der Waals surface area contributed by atoms with Crippen LogP contribution in [0.3, 0.4) is 0 Å². The van der Waals surface area contributed by atoms with E-state index >= 15 is 0 Å². The van der Waals surface area contributed by atoms with Gasteiger partial charge in [0, 0.05) is 5.25 Å². The first-order valence-electron chi connectivity index (χ1n) is 6.45. The Morgan fingerprint density at radius 1 is 1.29 bits per heavy atom. The zero-order valence-corrected chi connectivity index (χ0v) is 12.3. The van der Waals surface area contributed by atoms with Crippen molar-refractivity contribution in [3.63, 3.8) is 0 Å². The first-order chi connectivity index (χ1) is 10.0. The number of halogens is 1. The van der Waals surface area contributed by atoms with Crippen LogP contribution in [0.1, 0.15) is 13.8 Å². The van der Waals surface area contributed by atoms with Crippen LogP contribution in [0.5, 0.6) is 0 Å². The maximum Gasteiger partial charge on any atom is 0.262 e. The molecule has 108 valence electrons. The van der Waals surface area contributed by atoms with Crippen molar-refractivity contribution in [2.75, 3.05) is 0 Å². The van der Waals surface area contributed by atoms with Crippen LogP contribution in [-0.4, -0.2) is 25.0 Å². The molecule has 7 heteroatoms.